The molecular weight excluding hydrogens is 306 g/mol. The normalized spacial score (nSPS) is 20.0. The Balaban J connectivity index is 1.71. The Morgan fingerprint density at radius 2 is 2.12 bits per heavy atom. The molecule has 1 aliphatic rings. The number of carboxylic acid groups (broad SMARTS) is 1. The lowest BCUT2D eigenvalue weighted by Gasteiger charge is -2.21. The van der Waals surface area contributed by atoms with Gasteiger partial charge in [0.15, 0.2) is 0 Å². The number of nitrogens with zero attached hydrogens (tertiary/aromatic N) is 2. The Hall–Kier alpha value is -2.81. The first-order valence-corrected chi connectivity index (χ1v) is 8.05. The quantitative estimate of drug-likeness (QED) is 0.844. The molecule has 1 aliphatic carbocycles. The van der Waals surface area contributed by atoms with Crippen molar-refractivity contribution in [2.75, 3.05) is 0 Å². The Morgan fingerprint density at radius 3 is 2.88 bits per heavy atom. The summed E-state index contributed by atoms with van der Waals surface area (Å²) in [6, 6.07) is 7.24. The van der Waals surface area contributed by atoms with Crippen molar-refractivity contribution in [3.63, 3.8) is 0 Å². The van der Waals surface area contributed by atoms with Crippen molar-refractivity contribution in [3.05, 3.63) is 35.5 Å². The third kappa shape index (κ3) is 3.93. The van der Waals surface area contributed by atoms with Crippen LogP contribution >= 0.6 is 0 Å². The Bertz CT molecular complexity index is 780. The number of hydrogen-bond donors (Lipinski definition) is 2. The molecule has 0 spiro atoms. The van der Waals surface area contributed by atoms with Crippen molar-refractivity contribution in [2.24, 2.45) is 11.8 Å². The molecule has 124 valence electrons. The number of aromatic amines is 1. The van der Waals surface area contributed by atoms with E-state index < -0.39 is 5.97 Å². The van der Waals surface area contributed by atoms with Crippen LogP contribution in [0.25, 0.3) is 0 Å². The second-order valence-corrected chi connectivity index (χ2v) is 6.15. The maximum atomic E-state index is 11.0. The number of nitrogens with one attached hydrogen (secondary N) is 1. The molecular formula is C18H19N3O3. The molecule has 0 atom stereocenters. The van der Waals surface area contributed by atoms with Gasteiger partial charge in [0.05, 0.1) is 0 Å². The third-order valence-corrected chi connectivity index (χ3v) is 4.22. The second kappa shape index (κ2) is 7.18. The van der Waals surface area contributed by atoms with Crippen molar-refractivity contribution in [1.82, 2.24) is 15.4 Å². The zero-order valence-corrected chi connectivity index (χ0v) is 13.5. The molecule has 1 heterocycles. The number of aromatic nitrogens is 3. The summed E-state index contributed by atoms with van der Waals surface area (Å²) in [7, 11) is 0. The van der Waals surface area contributed by atoms with Gasteiger partial charge in [-0.05, 0) is 49.8 Å². The van der Waals surface area contributed by atoms with Crippen molar-refractivity contribution in [3.8, 4) is 23.5 Å². The Morgan fingerprint density at radius 1 is 1.33 bits per heavy atom. The van der Waals surface area contributed by atoms with Gasteiger partial charge in [0.1, 0.15) is 5.75 Å². The highest BCUT2D eigenvalue weighted by Gasteiger charge is 2.17. The van der Waals surface area contributed by atoms with E-state index in [0.717, 1.165) is 24.3 Å². The van der Waals surface area contributed by atoms with E-state index in [1.54, 1.807) is 12.1 Å². The van der Waals surface area contributed by atoms with Gasteiger partial charge >= 0.3 is 5.97 Å². The fraction of sp³-hybridized carbons (Fsp3) is 0.389. The summed E-state index contributed by atoms with van der Waals surface area (Å²) in [5.74, 6) is 7.06. The molecule has 0 unspecified atom stereocenters. The molecule has 1 saturated carbocycles. The molecule has 1 fully saturated rings. The van der Waals surface area contributed by atoms with Crippen molar-refractivity contribution in [2.45, 2.75) is 32.6 Å². The van der Waals surface area contributed by atoms with Gasteiger partial charge in [-0.2, -0.15) is 0 Å². The number of carbonyl (C=O) groups is 1. The number of H-pyrrole nitrogens is 1. The molecule has 0 aliphatic heterocycles. The lowest BCUT2D eigenvalue weighted by atomic mass is 9.83. The van der Waals surface area contributed by atoms with Gasteiger partial charge < -0.3 is 9.84 Å². The van der Waals surface area contributed by atoms with Crippen molar-refractivity contribution >= 4 is 5.97 Å². The summed E-state index contributed by atoms with van der Waals surface area (Å²) >= 11 is 0. The summed E-state index contributed by atoms with van der Waals surface area (Å²) in [4.78, 5) is 11.0. The second-order valence-electron chi connectivity index (χ2n) is 6.15. The summed E-state index contributed by atoms with van der Waals surface area (Å²) in [6.45, 7) is 2.29. The van der Waals surface area contributed by atoms with E-state index in [1.807, 2.05) is 12.1 Å². The van der Waals surface area contributed by atoms with Crippen LogP contribution in [0.3, 0.4) is 0 Å². The van der Waals surface area contributed by atoms with E-state index in [0.29, 0.717) is 11.7 Å². The SMILES string of the molecule is CC1CCC(C#Cc2cccc(Oc3nn[nH]c3C(=O)O)c2)CC1. The molecule has 2 N–H and O–H groups in total. The van der Waals surface area contributed by atoms with Crippen LogP contribution in [0.5, 0.6) is 11.6 Å². The zero-order valence-electron chi connectivity index (χ0n) is 13.5. The van der Waals surface area contributed by atoms with Crippen molar-refractivity contribution < 1.29 is 14.6 Å². The monoisotopic (exact) mass is 325 g/mol. The van der Waals surface area contributed by atoms with Gasteiger partial charge in [0.25, 0.3) is 5.88 Å². The fourth-order valence-electron chi connectivity index (χ4n) is 2.77. The minimum atomic E-state index is -1.17. The highest BCUT2D eigenvalue weighted by atomic mass is 16.5. The molecule has 0 bridgehead atoms. The van der Waals surface area contributed by atoms with Crippen LogP contribution in [-0.2, 0) is 0 Å². The molecule has 1 aromatic heterocycles. The molecule has 0 amide bonds. The summed E-state index contributed by atoms with van der Waals surface area (Å²) in [5.41, 5.74) is 0.661. The van der Waals surface area contributed by atoms with E-state index >= 15 is 0 Å². The van der Waals surface area contributed by atoms with Crippen LogP contribution < -0.4 is 4.74 Å². The van der Waals surface area contributed by atoms with Gasteiger partial charge in [0.2, 0.25) is 5.69 Å². The smallest absolute Gasteiger partial charge is 0.359 e. The van der Waals surface area contributed by atoms with Gasteiger partial charge in [-0.15, -0.1) is 0 Å². The fourth-order valence-corrected chi connectivity index (χ4v) is 2.77. The minimum absolute atomic E-state index is 0.0612. The van der Waals surface area contributed by atoms with E-state index in [4.69, 9.17) is 9.84 Å². The van der Waals surface area contributed by atoms with Gasteiger partial charge in [-0.25, -0.2) is 9.89 Å². The predicted molar refractivity (Wildman–Crippen MR) is 87.9 cm³/mol. The van der Waals surface area contributed by atoms with Crippen LogP contribution in [0.2, 0.25) is 0 Å². The maximum Gasteiger partial charge on any atom is 0.359 e. The lowest BCUT2D eigenvalue weighted by Crippen LogP contribution is -2.10. The molecule has 2 aromatic rings. The first-order chi connectivity index (χ1) is 11.6. The first-order valence-electron chi connectivity index (χ1n) is 8.05. The number of aromatic carboxylic acids is 1. The van der Waals surface area contributed by atoms with E-state index in [9.17, 15) is 4.79 Å². The molecule has 6 heteroatoms. The van der Waals surface area contributed by atoms with Crippen molar-refractivity contribution in [1.29, 1.82) is 0 Å². The maximum absolute atomic E-state index is 11.0. The molecule has 6 nitrogen and oxygen atoms in total. The minimum Gasteiger partial charge on any atom is -0.476 e. The number of rotatable bonds is 3. The molecule has 3 rings (SSSR count). The molecule has 0 saturated heterocycles. The Labute approximate surface area is 140 Å². The van der Waals surface area contributed by atoms with Crippen LogP contribution in [-0.4, -0.2) is 26.5 Å². The van der Waals surface area contributed by atoms with Crippen LogP contribution in [0, 0.1) is 23.7 Å². The number of ether oxygens (including phenoxy) is 1. The van der Waals surface area contributed by atoms with Gasteiger partial charge in [0, 0.05) is 11.5 Å². The summed E-state index contributed by atoms with van der Waals surface area (Å²) in [5, 5.41) is 18.4. The summed E-state index contributed by atoms with van der Waals surface area (Å²) < 4.78 is 5.50. The number of hydrogen-bond acceptors (Lipinski definition) is 4. The van der Waals surface area contributed by atoms with Crippen LogP contribution in [0.1, 0.15) is 48.7 Å². The largest absolute Gasteiger partial charge is 0.476 e. The van der Waals surface area contributed by atoms with E-state index in [1.165, 1.54) is 12.8 Å². The predicted octanol–water partition coefficient (Wildman–Crippen LogP) is 3.47. The lowest BCUT2D eigenvalue weighted by molar-refractivity contribution is 0.0687. The Kier molecular flexibility index (Phi) is 4.80. The molecule has 1 aromatic carbocycles. The highest BCUT2D eigenvalue weighted by molar-refractivity contribution is 5.87. The zero-order chi connectivity index (χ0) is 16.9. The average Bonchev–Trinajstić information content (AvgIpc) is 3.03. The molecule has 0 radical (unpaired) electrons. The van der Waals surface area contributed by atoms with Gasteiger partial charge in [-0.3, -0.25) is 0 Å². The standard InChI is InChI=1S/C18H19N3O3/c1-12-5-7-13(8-6-12)9-10-14-3-2-4-15(11-14)24-17-16(18(22)23)19-21-20-17/h2-4,11-13H,5-8H2,1H3,(H,22,23)(H,19,20,21). The van der Waals surface area contributed by atoms with E-state index in [2.05, 4.69) is 34.2 Å². The average molecular weight is 325 g/mol. The number of carboxylic acids is 1. The van der Waals surface area contributed by atoms with Crippen LogP contribution in [0.4, 0.5) is 0 Å². The van der Waals surface area contributed by atoms with Gasteiger partial charge in [-0.1, -0.05) is 35.1 Å². The summed E-state index contributed by atoms with van der Waals surface area (Å²) in [6.07, 6.45) is 4.80. The van der Waals surface area contributed by atoms with E-state index in [-0.39, 0.29) is 11.6 Å². The van der Waals surface area contributed by atoms with Crippen LogP contribution in [0.15, 0.2) is 24.3 Å². The topological polar surface area (TPSA) is 88.1 Å². The first kappa shape index (κ1) is 16.1. The number of benzene rings is 1. The third-order valence-electron chi connectivity index (χ3n) is 4.22. The molecule has 24 heavy (non-hydrogen) atoms. The highest BCUT2D eigenvalue weighted by Crippen LogP contribution is 2.28.